The second-order valence-corrected chi connectivity index (χ2v) is 8.33. The van der Waals surface area contributed by atoms with Gasteiger partial charge in [0.05, 0.1) is 12.0 Å². The largest absolute Gasteiger partial charge is 0.497 e. The maximum atomic E-state index is 12.6. The van der Waals surface area contributed by atoms with Crippen molar-refractivity contribution in [3.05, 3.63) is 65.5 Å². The first kappa shape index (κ1) is 22.1. The molecule has 0 saturated carbocycles. The topological polar surface area (TPSA) is 111 Å². The summed E-state index contributed by atoms with van der Waals surface area (Å²) < 4.78 is 38.1. The minimum absolute atomic E-state index is 0.131. The van der Waals surface area contributed by atoms with E-state index in [4.69, 9.17) is 9.26 Å². The molecular weight excluding hydrogens is 418 g/mol. The normalized spacial score (nSPS) is 11.5. The van der Waals surface area contributed by atoms with Crippen LogP contribution in [0.5, 0.6) is 5.75 Å². The third-order valence-corrected chi connectivity index (χ3v) is 5.83. The summed E-state index contributed by atoms with van der Waals surface area (Å²) >= 11 is 0. The molecule has 2 N–H and O–H groups in total. The van der Waals surface area contributed by atoms with E-state index in [9.17, 15) is 13.2 Å². The Morgan fingerprint density at radius 3 is 2.39 bits per heavy atom. The van der Waals surface area contributed by atoms with Gasteiger partial charge >= 0.3 is 0 Å². The number of sulfonamides is 1. The van der Waals surface area contributed by atoms with Crippen LogP contribution in [0.25, 0.3) is 12.2 Å². The second kappa shape index (κ2) is 9.48. The van der Waals surface area contributed by atoms with Gasteiger partial charge in [0.25, 0.3) is 10.0 Å². The summed E-state index contributed by atoms with van der Waals surface area (Å²) in [5, 5.41) is 6.64. The Balaban J connectivity index is 1.73. The van der Waals surface area contributed by atoms with Crippen LogP contribution in [0, 0.1) is 6.92 Å². The van der Waals surface area contributed by atoms with E-state index in [0.29, 0.717) is 35.0 Å². The Morgan fingerprint density at radius 1 is 1.10 bits per heavy atom. The molecule has 0 aliphatic carbocycles. The van der Waals surface area contributed by atoms with E-state index >= 15 is 0 Å². The van der Waals surface area contributed by atoms with Crippen molar-refractivity contribution in [2.75, 3.05) is 17.1 Å². The summed E-state index contributed by atoms with van der Waals surface area (Å²) in [7, 11) is -2.19. The number of amides is 1. The van der Waals surface area contributed by atoms with Gasteiger partial charge < -0.3 is 14.6 Å². The van der Waals surface area contributed by atoms with Crippen LogP contribution >= 0.6 is 0 Å². The van der Waals surface area contributed by atoms with E-state index in [0.717, 1.165) is 5.56 Å². The zero-order valence-electron chi connectivity index (χ0n) is 17.4. The van der Waals surface area contributed by atoms with Crippen LogP contribution in [0.1, 0.15) is 30.4 Å². The van der Waals surface area contributed by atoms with Gasteiger partial charge in [-0.15, -0.1) is 0 Å². The molecule has 0 fully saturated rings. The van der Waals surface area contributed by atoms with Crippen molar-refractivity contribution in [2.24, 2.45) is 0 Å². The molecule has 0 atom stereocenters. The number of nitrogens with zero attached hydrogens (tertiary/aromatic N) is 1. The number of ether oxygens (including phenoxy) is 1. The third kappa shape index (κ3) is 5.52. The Kier molecular flexibility index (Phi) is 6.76. The Morgan fingerprint density at radius 2 is 1.77 bits per heavy atom. The highest BCUT2D eigenvalue weighted by Gasteiger charge is 2.15. The van der Waals surface area contributed by atoms with Gasteiger partial charge in [-0.3, -0.25) is 9.52 Å². The second-order valence-electron chi connectivity index (χ2n) is 6.65. The van der Waals surface area contributed by atoms with E-state index in [2.05, 4.69) is 15.2 Å². The molecule has 0 unspecified atom stereocenters. The van der Waals surface area contributed by atoms with Crippen LogP contribution in [0.3, 0.4) is 0 Å². The Bertz CT molecular complexity index is 1180. The van der Waals surface area contributed by atoms with Gasteiger partial charge in [-0.05, 0) is 55.0 Å². The highest BCUT2D eigenvalue weighted by atomic mass is 32.2. The van der Waals surface area contributed by atoms with Crippen molar-refractivity contribution in [2.45, 2.75) is 25.2 Å². The fourth-order valence-corrected chi connectivity index (χ4v) is 3.74. The molecule has 0 bridgehead atoms. The van der Waals surface area contributed by atoms with Crippen LogP contribution in [0.4, 0.5) is 11.4 Å². The SMILES string of the molecule is CCC(=O)Nc1c(C)noc1C=Cc1ccc(S(=O)(=O)Nc2ccc(OC)cc2)cc1. The number of hydrogen-bond acceptors (Lipinski definition) is 6. The lowest BCUT2D eigenvalue weighted by atomic mass is 10.2. The minimum Gasteiger partial charge on any atom is -0.497 e. The fraction of sp³-hybridized carbons (Fsp3) is 0.182. The first-order chi connectivity index (χ1) is 14.8. The number of aryl methyl sites for hydroxylation is 1. The van der Waals surface area contributed by atoms with E-state index in [1.54, 1.807) is 69.5 Å². The number of carbonyl (C=O) groups is 1. The van der Waals surface area contributed by atoms with E-state index in [-0.39, 0.29) is 10.8 Å². The highest BCUT2D eigenvalue weighted by molar-refractivity contribution is 7.92. The predicted octanol–water partition coefficient (Wildman–Crippen LogP) is 4.31. The Hall–Kier alpha value is -3.59. The maximum absolute atomic E-state index is 12.6. The number of hydrogen-bond donors (Lipinski definition) is 2. The molecular formula is C22H23N3O5S. The van der Waals surface area contributed by atoms with Crippen molar-refractivity contribution in [3.8, 4) is 5.75 Å². The quantitative estimate of drug-likeness (QED) is 0.539. The van der Waals surface area contributed by atoms with Gasteiger partial charge in [0.1, 0.15) is 17.1 Å². The van der Waals surface area contributed by atoms with Crippen LogP contribution in [0.15, 0.2) is 57.9 Å². The van der Waals surface area contributed by atoms with Crippen molar-refractivity contribution < 1.29 is 22.5 Å². The van der Waals surface area contributed by atoms with Gasteiger partial charge in [-0.1, -0.05) is 30.3 Å². The summed E-state index contributed by atoms with van der Waals surface area (Å²) in [5.41, 5.74) is 2.29. The number of aromatic nitrogens is 1. The molecule has 0 spiro atoms. The van der Waals surface area contributed by atoms with Crippen molar-refractivity contribution in [3.63, 3.8) is 0 Å². The molecule has 1 aromatic heterocycles. The molecule has 9 heteroatoms. The molecule has 3 aromatic rings. The van der Waals surface area contributed by atoms with Gasteiger partial charge in [0.15, 0.2) is 5.76 Å². The van der Waals surface area contributed by atoms with Gasteiger partial charge in [0.2, 0.25) is 5.91 Å². The molecule has 1 heterocycles. The lowest BCUT2D eigenvalue weighted by molar-refractivity contribution is -0.115. The number of carbonyl (C=O) groups excluding carboxylic acids is 1. The molecule has 31 heavy (non-hydrogen) atoms. The molecule has 0 radical (unpaired) electrons. The van der Waals surface area contributed by atoms with E-state index < -0.39 is 10.0 Å². The predicted molar refractivity (Wildman–Crippen MR) is 119 cm³/mol. The standard InChI is InChI=1S/C22H23N3O5S/c1-4-21(26)23-22-15(2)24-30-20(22)14-7-16-5-12-19(13-6-16)31(27,28)25-17-8-10-18(29-3)11-9-17/h5-14,25H,4H2,1-3H3,(H,23,26). The molecule has 0 aliphatic rings. The highest BCUT2D eigenvalue weighted by Crippen LogP contribution is 2.24. The van der Waals surface area contributed by atoms with Crippen LogP contribution in [-0.2, 0) is 14.8 Å². The van der Waals surface area contributed by atoms with Gasteiger partial charge in [-0.25, -0.2) is 8.42 Å². The molecule has 0 saturated heterocycles. The maximum Gasteiger partial charge on any atom is 0.261 e. The summed E-state index contributed by atoms with van der Waals surface area (Å²) in [4.78, 5) is 11.8. The van der Waals surface area contributed by atoms with Crippen LogP contribution in [-0.4, -0.2) is 26.6 Å². The number of nitrogens with one attached hydrogen (secondary N) is 2. The zero-order chi connectivity index (χ0) is 22.4. The van der Waals surface area contributed by atoms with Crippen LogP contribution < -0.4 is 14.8 Å². The van der Waals surface area contributed by atoms with Crippen molar-refractivity contribution >= 4 is 39.5 Å². The lowest BCUT2D eigenvalue weighted by Crippen LogP contribution is -2.12. The van der Waals surface area contributed by atoms with E-state index in [1.807, 2.05) is 0 Å². The summed E-state index contributed by atoms with van der Waals surface area (Å²) in [6.07, 6.45) is 3.76. The lowest BCUT2D eigenvalue weighted by Gasteiger charge is -2.09. The number of anilines is 2. The first-order valence-electron chi connectivity index (χ1n) is 9.53. The molecule has 8 nitrogen and oxygen atoms in total. The summed E-state index contributed by atoms with van der Waals surface area (Å²) in [6.45, 7) is 3.49. The number of methoxy groups -OCH3 is 1. The number of rotatable bonds is 8. The first-order valence-corrected chi connectivity index (χ1v) is 11.0. The third-order valence-electron chi connectivity index (χ3n) is 4.43. The minimum atomic E-state index is -3.73. The smallest absolute Gasteiger partial charge is 0.261 e. The fourth-order valence-electron chi connectivity index (χ4n) is 2.68. The average Bonchev–Trinajstić information content (AvgIpc) is 3.12. The molecule has 1 amide bonds. The summed E-state index contributed by atoms with van der Waals surface area (Å²) in [5.74, 6) is 0.912. The van der Waals surface area contributed by atoms with Gasteiger partial charge in [0, 0.05) is 12.1 Å². The van der Waals surface area contributed by atoms with Crippen molar-refractivity contribution in [1.29, 1.82) is 0 Å². The van der Waals surface area contributed by atoms with Crippen LogP contribution in [0.2, 0.25) is 0 Å². The molecule has 2 aromatic carbocycles. The average molecular weight is 442 g/mol. The summed E-state index contributed by atoms with van der Waals surface area (Å²) in [6, 6.07) is 13.0. The van der Waals surface area contributed by atoms with Crippen molar-refractivity contribution in [1.82, 2.24) is 5.16 Å². The number of benzene rings is 2. The molecule has 0 aliphatic heterocycles. The zero-order valence-corrected chi connectivity index (χ0v) is 18.2. The van der Waals surface area contributed by atoms with Gasteiger partial charge in [-0.2, -0.15) is 0 Å². The molecule has 162 valence electrons. The monoisotopic (exact) mass is 441 g/mol. The van der Waals surface area contributed by atoms with E-state index in [1.165, 1.54) is 12.1 Å². The molecule has 3 rings (SSSR count). The Labute approximate surface area is 181 Å².